The van der Waals surface area contributed by atoms with Gasteiger partial charge in [0.25, 0.3) is 5.91 Å². The molecule has 0 saturated heterocycles. The van der Waals surface area contributed by atoms with E-state index in [9.17, 15) is 4.79 Å². The van der Waals surface area contributed by atoms with Gasteiger partial charge in [0, 0.05) is 5.69 Å². The summed E-state index contributed by atoms with van der Waals surface area (Å²) in [7, 11) is 0. The summed E-state index contributed by atoms with van der Waals surface area (Å²) in [4.78, 5) is 12.5. The Labute approximate surface area is 128 Å². The van der Waals surface area contributed by atoms with E-state index in [0.29, 0.717) is 34.3 Å². The number of anilines is 2. The average Bonchev–Trinajstić information content (AvgIpc) is 2.43. The molecule has 2 aromatic carbocycles. The molecule has 110 valence electrons. The number of amides is 1. The molecule has 0 bridgehead atoms. The van der Waals surface area contributed by atoms with Crippen molar-refractivity contribution in [2.75, 3.05) is 17.7 Å². The van der Waals surface area contributed by atoms with Crippen LogP contribution in [0, 0.1) is 6.92 Å². The number of aryl methyl sites for hydroxylation is 1. The maximum atomic E-state index is 12.5. The quantitative estimate of drug-likeness (QED) is 0.842. The summed E-state index contributed by atoms with van der Waals surface area (Å²) in [6, 6.07) is 10.6. The maximum absolute atomic E-state index is 12.5. The molecule has 21 heavy (non-hydrogen) atoms. The highest BCUT2D eigenvalue weighted by Gasteiger charge is 2.18. The van der Waals surface area contributed by atoms with Crippen LogP contribution in [0.5, 0.6) is 5.75 Å². The molecule has 0 atom stereocenters. The van der Waals surface area contributed by atoms with Crippen molar-refractivity contribution in [3.63, 3.8) is 0 Å². The van der Waals surface area contributed by atoms with E-state index in [4.69, 9.17) is 22.1 Å². The number of nitrogens with two attached hydrogens (primary N) is 1. The predicted octanol–water partition coefficient (Wildman–Crippen LogP) is 3.88. The Balaban J connectivity index is 2.37. The zero-order chi connectivity index (χ0) is 15.4. The van der Waals surface area contributed by atoms with E-state index in [2.05, 4.69) is 5.32 Å². The van der Waals surface area contributed by atoms with Gasteiger partial charge < -0.3 is 15.8 Å². The zero-order valence-electron chi connectivity index (χ0n) is 11.9. The molecule has 2 aromatic rings. The molecular weight excluding hydrogens is 288 g/mol. The summed E-state index contributed by atoms with van der Waals surface area (Å²) in [5.74, 6) is 0.118. The van der Waals surface area contributed by atoms with E-state index in [1.54, 1.807) is 24.3 Å². The van der Waals surface area contributed by atoms with Gasteiger partial charge in [-0.15, -0.1) is 0 Å². The summed E-state index contributed by atoms with van der Waals surface area (Å²) in [5, 5.41) is 3.29. The molecule has 3 N–H and O–H groups in total. The van der Waals surface area contributed by atoms with E-state index >= 15 is 0 Å². The number of hydrogen-bond acceptors (Lipinski definition) is 3. The fourth-order valence-corrected chi connectivity index (χ4v) is 2.30. The molecule has 0 aliphatic carbocycles. The largest absolute Gasteiger partial charge is 0.493 e. The van der Waals surface area contributed by atoms with Crippen molar-refractivity contribution in [2.24, 2.45) is 0 Å². The van der Waals surface area contributed by atoms with Crippen LogP contribution in [0.4, 0.5) is 11.4 Å². The molecular formula is C16H17ClN2O2. The lowest BCUT2D eigenvalue weighted by atomic mass is 10.1. The number of carbonyl (C=O) groups excluding carboxylic acids is 1. The third-order valence-electron chi connectivity index (χ3n) is 3.05. The summed E-state index contributed by atoms with van der Waals surface area (Å²) in [6.45, 7) is 4.18. The minimum absolute atomic E-state index is 0.318. The minimum Gasteiger partial charge on any atom is -0.493 e. The lowest BCUT2D eigenvalue weighted by molar-refractivity contribution is 0.102. The second-order valence-corrected chi connectivity index (χ2v) is 4.95. The third-order valence-corrected chi connectivity index (χ3v) is 3.36. The number of ether oxygens (including phenoxy) is 1. The number of para-hydroxylation sites is 1. The van der Waals surface area contributed by atoms with Crippen LogP contribution in [-0.2, 0) is 0 Å². The van der Waals surface area contributed by atoms with Crippen molar-refractivity contribution >= 4 is 28.9 Å². The highest BCUT2D eigenvalue weighted by Crippen LogP contribution is 2.29. The van der Waals surface area contributed by atoms with Gasteiger partial charge in [0.15, 0.2) is 0 Å². The molecule has 5 heteroatoms. The van der Waals surface area contributed by atoms with Gasteiger partial charge in [-0.1, -0.05) is 29.8 Å². The topological polar surface area (TPSA) is 64.3 Å². The molecule has 4 nitrogen and oxygen atoms in total. The highest BCUT2D eigenvalue weighted by molar-refractivity contribution is 6.34. The van der Waals surface area contributed by atoms with Crippen LogP contribution in [0.25, 0.3) is 0 Å². The van der Waals surface area contributed by atoms with Crippen LogP contribution >= 0.6 is 11.6 Å². The van der Waals surface area contributed by atoms with E-state index in [1.165, 1.54) is 0 Å². The van der Waals surface area contributed by atoms with Gasteiger partial charge >= 0.3 is 0 Å². The van der Waals surface area contributed by atoms with Crippen molar-refractivity contribution in [2.45, 2.75) is 13.8 Å². The summed E-state index contributed by atoms with van der Waals surface area (Å²) in [6.07, 6.45) is 0. The first-order chi connectivity index (χ1) is 10.0. The molecule has 0 fully saturated rings. The van der Waals surface area contributed by atoms with Crippen molar-refractivity contribution in [3.05, 3.63) is 52.5 Å². The number of nitrogen functional groups attached to an aromatic ring is 1. The number of rotatable bonds is 4. The number of hydrogen-bond donors (Lipinski definition) is 2. The van der Waals surface area contributed by atoms with E-state index < -0.39 is 0 Å². The average molecular weight is 305 g/mol. The summed E-state index contributed by atoms with van der Waals surface area (Å²) < 4.78 is 5.46. The Morgan fingerprint density at radius 1 is 1.29 bits per heavy atom. The molecule has 0 unspecified atom stereocenters. The van der Waals surface area contributed by atoms with Crippen LogP contribution in [0.1, 0.15) is 22.8 Å². The van der Waals surface area contributed by atoms with Crippen molar-refractivity contribution < 1.29 is 9.53 Å². The van der Waals surface area contributed by atoms with E-state index in [0.717, 1.165) is 5.56 Å². The second kappa shape index (κ2) is 6.50. The van der Waals surface area contributed by atoms with Gasteiger partial charge in [-0.3, -0.25) is 4.79 Å². The van der Waals surface area contributed by atoms with Crippen molar-refractivity contribution in [3.8, 4) is 5.75 Å². The molecule has 0 aromatic heterocycles. The second-order valence-electron chi connectivity index (χ2n) is 4.54. The lowest BCUT2D eigenvalue weighted by Crippen LogP contribution is -2.16. The fraction of sp³-hybridized carbons (Fsp3) is 0.188. The first-order valence-corrected chi connectivity index (χ1v) is 7.00. The standard InChI is InChI=1S/C16H17ClN2O2/c1-3-21-13-9-5-8-12(18)14(13)16(20)19-15-10(2)6-4-7-11(15)17/h4-9H,3,18H2,1-2H3,(H,19,20). The Morgan fingerprint density at radius 3 is 2.67 bits per heavy atom. The van der Waals surface area contributed by atoms with Gasteiger partial charge in [-0.25, -0.2) is 0 Å². The molecule has 0 heterocycles. The summed E-state index contributed by atoms with van der Waals surface area (Å²) >= 11 is 6.12. The van der Waals surface area contributed by atoms with Crippen molar-refractivity contribution in [1.29, 1.82) is 0 Å². The predicted molar refractivity (Wildman–Crippen MR) is 86.2 cm³/mol. The van der Waals surface area contributed by atoms with Crippen LogP contribution < -0.4 is 15.8 Å². The zero-order valence-corrected chi connectivity index (χ0v) is 12.7. The Bertz CT molecular complexity index is 651. The smallest absolute Gasteiger partial charge is 0.261 e. The van der Waals surface area contributed by atoms with E-state index in [1.807, 2.05) is 26.0 Å². The molecule has 2 rings (SSSR count). The van der Waals surface area contributed by atoms with Gasteiger partial charge in [-0.2, -0.15) is 0 Å². The van der Waals surface area contributed by atoms with Crippen LogP contribution in [0.3, 0.4) is 0 Å². The van der Waals surface area contributed by atoms with Crippen molar-refractivity contribution in [1.82, 2.24) is 0 Å². The normalized spacial score (nSPS) is 10.2. The SMILES string of the molecule is CCOc1cccc(N)c1C(=O)Nc1c(C)cccc1Cl. The first kappa shape index (κ1) is 15.2. The van der Waals surface area contributed by atoms with Crippen LogP contribution in [-0.4, -0.2) is 12.5 Å². The maximum Gasteiger partial charge on any atom is 0.261 e. The number of benzene rings is 2. The molecule has 0 aliphatic heterocycles. The lowest BCUT2D eigenvalue weighted by Gasteiger charge is -2.14. The Hall–Kier alpha value is -2.20. The molecule has 0 radical (unpaired) electrons. The first-order valence-electron chi connectivity index (χ1n) is 6.62. The molecule has 0 spiro atoms. The Morgan fingerprint density at radius 2 is 2.00 bits per heavy atom. The fourth-order valence-electron chi connectivity index (χ4n) is 2.03. The van der Waals surface area contributed by atoms with Gasteiger partial charge in [0.1, 0.15) is 11.3 Å². The number of halogens is 1. The van der Waals surface area contributed by atoms with Gasteiger partial charge in [0.05, 0.1) is 17.3 Å². The Kier molecular flexibility index (Phi) is 4.70. The van der Waals surface area contributed by atoms with Crippen LogP contribution in [0.2, 0.25) is 5.02 Å². The monoisotopic (exact) mass is 304 g/mol. The molecule has 1 amide bonds. The molecule has 0 aliphatic rings. The highest BCUT2D eigenvalue weighted by atomic mass is 35.5. The molecule has 0 saturated carbocycles. The minimum atomic E-state index is -0.340. The van der Waals surface area contributed by atoms with Gasteiger partial charge in [-0.05, 0) is 37.6 Å². The van der Waals surface area contributed by atoms with E-state index in [-0.39, 0.29) is 5.91 Å². The number of carbonyl (C=O) groups is 1. The third kappa shape index (κ3) is 3.28. The summed E-state index contributed by atoms with van der Waals surface area (Å²) in [5.41, 5.74) is 8.05. The number of nitrogens with one attached hydrogen (secondary N) is 1. The van der Waals surface area contributed by atoms with Crippen LogP contribution in [0.15, 0.2) is 36.4 Å². The van der Waals surface area contributed by atoms with Gasteiger partial charge in [0.2, 0.25) is 0 Å².